The van der Waals surface area contributed by atoms with E-state index in [0.29, 0.717) is 30.5 Å². The number of benzene rings is 1. The number of hydrogen-bond acceptors (Lipinski definition) is 4. The van der Waals surface area contributed by atoms with Gasteiger partial charge < -0.3 is 20.5 Å². The molecule has 5 nitrogen and oxygen atoms in total. The van der Waals surface area contributed by atoms with Crippen LogP contribution in [0.1, 0.15) is 12.0 Å². The van der Waals surface area contributed by atoms with Crippen LogP contribution < -0.4 is 15.8 Å². The number of methoxy groups -OCH3 is 1. The summed E-state index contributed by atoms with van der Waals surface area (Å²) in [6.45, 7) is 1.53. The molecule has 3 N–H and O–H groups in total. The number of amides is 1. The van der Waals surface area contributed by atoms with Crippen LogP contribution in [-0.2, 0) is 16.1 Å². The van der Waals surface area contributed by atoms with Crippen molar-refractivity contribution in [3.05, 3.63) is 28.8 Å². The van der Waals surface area contributed by atoms with E-state index in [9.17, 15) is 4.79 Å². The van der Waals surface area contributed by atoms with Crippen molar-refractivity contribution < 1.29 is 14.3 Å². The molecule has 0 aliphatic heterocycles. The Bertz CT molecular complexity index is 413. The van der Waals surface area contributed by atoms with E-state index in [1.807, 2.05) is 0 Å². The van der Waals surface area contributed by atoms with Gasteiger partial charge in [0.25, 0.3) is 5.91 Å². The van der Waals surface area contributed by atoms with Crippen LogP contribution in [0.4, 0.5) is 0 Å². The van der Waals surface area contributed by atoms with Crippen molar-refractivity contribution in [1.29, 1.82) is 0 Å². The predicted octanol–water partition coefficient (Wildman–Crippen LogP) is 1.33. The Morgan fingerprint density at radius 3 is 2.89 bits per heavy atom. The summed E-state index contributed by atoms with van der Waals surface area (Å²) in [5.74, 6) is 0.379. The average molecular weight is 287 g/mol. The third-order valence-electron chi connectivity index (χ3n) is 2.46. The third kappa shape index (κ3) is 5.92. The van der Waals surface area contributed by atoms with Gasteiger partial charge in [0.1, 0.15) is 5.75 Å². The summed E-state index contributed by atoms with van der Waals surface area (Å²) in [5.41, 5.74) is 6.35. The zero-order chi connectivity index (χ0) is 14.1. The molecule has 0 radical (unpaired) electrons. The van der Waals surface area contributed by atoms with Crippen molar-refractivity contribution in [2.75, 3.05) is 26.9 Å². The highest BCUT2D eigenvalue weighted by atomic mass is 35.5. The molecule has 0 bridgehead atoms. The minimum absolute atomic E-state index is 0.0364. The number of ether oxygens (including phenoxy) is 2. The minimum atomic E-state index is -0.171. The van der Waals surface area contributed by atoms with Gasteiger partial charge in [-0.3, -0.25) is 4.79 Å². The summed E-state index contributed by atoms with van der Waals surface area (Å²) < 4.78 is 10.2. The molecule has 0 aliphatic rings. The first kappa shape index (κ1) is 15.8. The molecule has 106 valence electrons. The molecule has 0 saturated carbocycles. The van der Waals surface area contributed by atoms with Gasteiger partial charge in [-0.15, -0.1) is 0 Å². The van der Waals surface area contributed by atoms with Gasteiger partial charge in [-0.05, 0) is 24.1 Å². The summed E-state index contributed by atoms with van der Waals surface area (Å²) >= 11 is 5.99. The van der Waals surface area contributed by atoms with E-state index < -0.39 is 0 Å². The van der Waals surface area contributed by atoms with E-state index in [1.165, 1.54) is 0 Å². The second-order valence-electron chi connectivity index (χ2n) is 3.94. The van der Waals surface area contributed by atoms with Gasteiger partial charge in [-0.1, -0.05) is 17.7 Å². The maximum Gasteiger partial charge on any atom is 0.257 e. The van der Waals surface area contributed by atoms with Crippen LogP contribution in [0.3, 0.4) is 0 Å². The monoisotopic (exact) mass is 286 g/mol. The fourth-order valence-electron chi connectivity index (χ4n) is 1.43. The van der Waals surface area contributed by atoms with Gasteiger partial charge in [-0.25, -0.2) is 0 Å². The predicted molar refractivity (Wildman–Crippen MR) is 74.3 cm³/mol. The molecule has 1 aromatic rings. The Hall–Kier alpha value is -1.30. The van der Waals surface area contributed by atoms with Gasteiger partial charge >= 0.3 is 0 Å². The number of carbonyl (C=O) groups excluding carboxylic acids is 1. The van der Waals surface area contributed by atoms with E-state index in [4.69, 9.17) is 26.8 Å². The zero-order valence-electron chi connectivity index (χ0n) is 10.9. The second kappa shape index (κ2) is 8.74. The summed E-state index contributed by atoms with van der Waals surface area (Å²) in [7, 11) is 1.62. The topological polar surface area (TPSA) is 73.6 Å². The van der Waals surface area contributed by atoms with E-state index >= 15 is 0 Å². The molecule has 0 unspecified atom stereocenters. The van der Waals surface area contributed by atoms with Crippen LogP contribution in [0.15, 0.2) is 18.2 Å². The highest BCUT2D eigenvalue weighted by Crippen LogP contribution is 2.22. The Balaban J connectivity index is 2.32. The molecule has 0 heterocycles. The number of nitrogens with two attached hydrogens (primary N) is 1. The van der Waals surface area contributed by atoms with Gasteiger partial charge in [0, 0.05) is 31.8 Å². The first-order chi connectivity index (χ1) is 9.17. The Morgan fingerprint density at radius 2 is 2.26 bits per heavy atom. The lowest BCUT2D eigenvalue weighted by Crippen LogP contribution is -2.30. The van der Waals surface area contributed by atoms with E-state index in [0.717, 1.165) is 12.0 Å². The third-order valence-corrected chi connectivity index (χ3v) is 2.81. The molecular formula is C13H19ClN2O3. The first-order valence-corrected chi connectivity index (χ1v) is 6.42. The Kier molecular flexibility index (Phi) is 7.25. The second-order valence-corrected chi connectivity index (χ2v) is 4.35. The van der Waals surface area contributed by atoms with Gasteiger partial charge in [-0.2, -0.15) is 0 Å². The lowest BCUT2D eigenvalue weighted by atomic mass is 10.2. The van der Waals surface area contributed by atoms with Crippen LogP contribution >= 0.6 is 11.6 Å². The van der Waals surface area contributed by atoms with Crippen molar-refractivity contribution in [2.45, 2.75) is 13.0 Å². The molecule has 1 rings (SSSR count). The van der Waals surface area contributed by atoms with E-state index in [2.05, 4.69) is 5.32 Å². The highest BCUT2D eigenvalue weighted by molar-refractivity contribution is 6.31. The SMILES string of the molecule is COCCCNC(=O)COc1ccc(CN)c(Cl)c1. The number of hydrogen-bond donors (Lipinski definition) is 2. The molecule has 1 amide bonds. The quantitative estimate of drug-likeness (QED) is 0.707. The molecule has 1 aromatic carbocycles. The largest absolute Gasteiger partial charge is 0.484 e. The molecule has 0 spiro atoms. The molecule has 19 heavy (non-hydrogen) atoms. The summed E-state index contributed by atoms with van der Waals surface area (Å²) in [4.78, 5) is 11.5. The van der Waals surface area contributed by atoms with Crippen LogP contribution in [0.2, 0.25) is 5.02 Å². The smallest absolute Gasteiger partial charge is 0.257 e. The number of carbonyl (C=O) groups is 1. The fourth-order valence-corrected chi connectivity index (χ4v) is 1.68. The number of rotatable bonds is 8. The minimum Gasteiger partial charge on any atom is -0.484 e. The molecule has 0 saturated heterocycles. The Morgan fingerprint density at radius 1 is 1.47 bits per heavy atom. The molecule has 0 fully saturated rings. The van der Waals surface area contributed by atoms with Gasteiger partial charge in [0.15, 0.2) is 6.61 Å². The fraction of sp³-hybridized carbons (Fsp3) is 0.462. The zero-order valence-corrected chi connectivity index (χ0v) is 11.7. The number of nitrogens with one attached hydrogen (secondary N) is 1. The summed E-state index contributed by atoms with van der Waals surface area (Å²) in [5, 5.41) is 3.27. The summed E-state index contributed by atoms with van der Waals surface area (Å²) in [6, 6.07) is 5.18. The first-order valence-electron chi connectivity index (χ1n) is 6.04. The normalized spacial score (nSPS) is 10.3. The van der Waals surface area contributed by atoms with Gasteiger partial charge in [0.2, 0.25) is 0 Å². The van der Waals surface area contributed by atoms with Crippen molar-refractivity contribution in [2.24, 2.45) is 5.73 Å². The van der Waals surface area contributed by atoms with E-state index in [-0.39, 0.29) is 12.5 Å². The van der Waals surface area contributed by atoms with Gasteiger partial charge in [0.05, 0.1) is 0 Å². The van der Waals surface area contributed by atoms with Crippen molar-refractivity contribution in [3.8, 4) is 5.75 Å². The number of halogens is 1. The van der Waals surface area contributed by atoms with Crippen molar-refractivity contribution >= 4 is 17.5 Å². The van der Waals surface area contributed by atoms with Crippen molar-refractivity contribution in [1.82, 2.24) is 5.32 Å². The van der Waals surface area contributed by atoms with E-state index in [1.54, 1.807) is 25.3 Å². The molecule has 0 aromatic heterocycles. The molecule has 0 aliphatic carbocycles. The lowest BCUT2D eigenvalue weighted by Gasteiger charge is -2.09. The van der Waals surface area contributed by atoms with Crippen LogP contribution in [0, 0.1) is 0 Å². The highest BCUT2D eigenvalue weighted by Gasteiger charge is 2.04. The summed E-state index contributed by atoms with van der Waals surface area (Å²) in [6.07, 6.45) is 0.777. The van der Waals surface area contributed by atoms with Crippen LogP contribution in [0.5, 0.6) is 5.75 Å². The van der Waals surface area contributed by atoms with Crippen molar-refractivity contribution in [3.63, 3.8) is 0 Å². The van der Waals surface area contributed by atoms with Crippen LogP contribution in [-0.4, -0.2) is 32.8 Å². The Labute approximate surface area is 118 Å². The molecular weight excluding hydrogens is 268 g/mol. The maximum absolute atomic E-state index is 11.5. The maximum atomic E-state index is 11.5. The standard InChI is InChI=1S/C13H19ClN2O3/c1-18-6-2-5-16-13(17)9-19-11-4-3-10(8-15)12(14)7-11/h3-4,7H,2,5-6,8-9,15H2,1H3,(H,16,17). The van der Waals surface area contributed by atoms with Crippen LogP contribution in [0.25, 0.3) is 0 Å². The molecule has 0 atom stereocenters. The molecule has 6 heteroatoms. The lowest BCUT2D eigenvalue weighted by molar-refractivity contribution is -0.123. The average Bonchev–Trinajstić information content (AvgIpc) is 2.41.